The van der Waals surface area contributed by atoms with Gasteiger partial charge in [-0.25, -0.2) is 0 Å². The molecule has 1 amide bonds. The van der Waals surface area contributed by atoms with Gasteiger partial charge in [0.2, 0.25) is 5.91 Å². The van der Waals surface area contributed by atoms with Gasteiger partial charge in [-0.15, -0.1) is 0 Å². The number of nitrogens with one attached hydrogen (secondary N) is 1. The van der Waals surface area contributed by atoms with Crippen molar-refractivity contribution in [3.8, 4) is 0 Å². The number of rotatable bonds is 4. The Labute approximate surface area is 109 Å². The predicted octanol–water partition coefficient (Wildman–Crippen LogP) is 0.264. The zero-order valence-corrected chi connectivity index (χ0v) is 11.7. The molecule has 0 aromatic heterocycles. The first kappa shape index (κ1) is 13.8. The summed E-state index contributed by atoms with van der Waals surface area (Å²) in [5.41, 5.74) is 0. The number of amides is 1. The average molecular weight is 255 g/mol. The quantitative estimate of drug-likeness (QED) is 0.783. The zero-order chi connectivity index (χ0) is 13.1. The molecule has 0 aromatic carbocycles. The van der Waals surface area contributed by atoms with Gasteiger partial charge < -0.3 is 9.64 Å². The first-order valence-electron chi connectivity index (χ1n) is 7.01. The molecule has 104 valence electrons. The molecule has 5 heteroatoms. The van der Waals surface area contributed by atoms with Crippen molar-refractivity contribution in [2.45, 2.75) is 45.4 Å². The van der Waals surface area contributed by atoms with Crippen molar-refractivity contribution < 1.29 is 9.53 Å². The Kier molecular flexibility index (Phi) is 4.59. The van der Waals surface area contributed by atoms with Gasteiger partial charge in [0.25, 0.3) is 0 Å². The highest BCUT2D eigenvalue weighted by Gasteiger charge is 2.38. The molecule has 0 radical (unpaired) electrons. The van der Waals surface area contributed by atoms with E-state index in [-0.39, 0.29) is 24.2 Å². The second kappa shape index (κ2) is 5.99. The standard InChI is InChI=1S/C13H25N3O2/c1-4-12-14-11(3)13(17)16(12)10(2)9-15-5-7-18-8-6-15/h10-12,14H,4-9H2,1-3H3. The molecule has 2 rings (SSSR count). The summed E-state index contributed by atoms with van der Waals surface area (Å²) in [5.74, 6) is 0.239. The number of nitrogens with zero attached hydrogens (tertiary/aromatic N) is 2. The summed E-state index contributed by atoms with van der Waals surface area (Å²) in [4.78, 5) is 16.6. The van der Waals surface area contributed by atoms with Crippen LogP contribution >= 0.6 is 0 Å². The highest BCUT2D eigenvalue weighted by atomic mass is 16.5. The Hall–Kier alpha value is -0.650. The highest BCUT2D eigenvalue weighted by molar-refractivity contribution is 5.84. The number of hydrogen-bond donors (Lipinski definition) is 1. The molecule has 5 nitrogen and oxygen atoms in total. The molecule has 3 unspecified atom stereocenters. The number of ether oxygens (including phenoxy) is 1. The number of carbonyl (C=O) groups excluding carboxylic acids is 1. The maximum atomic E-state index is 12.2. The monoisotopic (exact) mass is 255 g/mol. The van der Waals surface area contributed by atoms with E-state index in [0.29, 0.717) is 0 Å². The first-order valence-corrected chi connectivity index (χ1v) is 7.01. The molecule has 0 bridgehead atoms. The van der Waals surface area contributed by atoms with E-state index in [1.807, 2.05) is 11.8 Å². The van der Waals surface area contributed by atoms with Crippen molar-refractivity contribution in [3.63, 3.8) is 0 Å². The van der Waals surface area contributed by atoms with Gasteiger partial charge in [0.15, 0.2) is 0 Å². The van der Waals surface area contributed by atoms with E-state index in [1.165, 1.54) is 0 Å². The zero-order valence-electron chi connectivity index (χ0n) is 11.7. The van der Waals surface area contributed by atoms with Crippen molar-refractivity contribution >= 4 is 5.91 Å². The number of carbonyl (C=O) groups is 1. The molecule has 2 heterocycles. The third-order valence-corrected chi connectivity index (χ3v) is 3.89. The van der Waals surface area contributed by atoms with E-state index in [1.54, 1.807) is 0 Å². The summed E-state index contributed by atoms with van der Waals surface area (Å²) in [7, 11) is 0. The molecule has 2 aliphatic rings. The fourth-order valence-electron chi connectivity index (χ4n) is 2.90. The maximum absolute atomic E-state index is 12.2. The third-order valence-electron chi connectivity index (χ3n) is 3.89. The Morgan fingerprint density at radius 1 is 1.44 bits per heavy atom. The van der Waals surface area contributed by atoms with E-state index in [2.05, 4.69) is 24.1 Å². The largest absolute Gasteiger partial charge is 0.379 e. The van der Waals surface area contributed by atoms with Crippen LogP contribution in [0.3, 0.4) is 0 Å². The van der Waals surface area contributed by atoms with E-state index in [4.69, 9.17) is 4.74 Å². The second-order valence-electron chi connectivity index (χ2n) is 5.32. The van der Waals surface area contributed by atoms with E-state index < -0.39 is 0 Å². The van der Waals surface area contributed by atoms with Crippen molar-refractivity contribution in [2.75, 3.05) is 32.8 Å². The summed E-state index contributed by atoms with van der Waals surface area (Å²) >= 11 is 0. The lowest BCUT2D eigenvalue weighted by Crippen LogP contribution is -2.50. The Morgan fingerprint density at radius 2 is 2.11 bits per heavy atom. The predicted molar refractivity (Wildman–Crippen MR) is 70.2 cm³/mol. The first-order chi connectivity index (χ1) is 8.63. The lowest BCUT2D eigenvalue weighted by Gasteiger charge is -2.35. The minimum atomic E-state index is -0.0397. The molecule has 1 N–H and O–H groups in total. The van der Waals surface area contributed by atoms with Gasteiger partial charge in [-0.05, 0) is 20.3 Å². The molecule has 0 aliphatic carbocycles. The topological polar surface area (TPSA) is 44.8 Å². The van der Waals surface area contributed by atoms with Gasteiger partial charge in [0.05, 0.1) is 25.4 Å². The second-order valence-corrected chi connectivity index (χ2v) is 5.32. The van der Waals surface area contributed by atoms with Crippen LogP contribution in [0.2, 0.25) is 0 Å². The summed E-state index contributed by atoms with van der Waals surface area (Å²) in [6, 6.07) is 0.222. The minimum Gasteiger partial charge on any atom is -0.379 e. The van der Waals surface area contributed by atoms with Crippen LogP contribution in [-0.4, -0.2) is 66.8 Å². The molecule has 18 heavy (non-hydrogen) atoms. The fraction of sp³-hybridized carbons (Fsp3) is 0.923. The van der Waals surface area contributed by atoms with E-state index in [9.17, 15) is 4.79 Å². The molecule has 2 aliphatic heterocycles. The normalized spacial score (nSPS) is 31.9. The van der Waals surface area contributed by atoms with Crippen LogP contribution < -0.4 is 5.32 Å². The van der Waals surface area contributed by atoms with Gasteiger partial charge in [-0.2, -0.15) is 0 Å². The van der Waals surface area contributed by atoms with Crippen LogP contribution in [-0.2, 0) is 9.53 Å². The molecule has 3 atom stereocenters. The fourth-order valence-corrected chi connectivity index (χ4v) is 2.90. The average Bonchev–Trinajstić information content (AvgIpc) is 2.66. The van der Waals surface area contributed by atoms with Crippen molar-refractivity contribution in [1.82, 2.24) is 15.1 Å². The van der Waals surface area contributed by atoms with Crippen LogP contribution in [0.1, 0.15) is 27.2 Å². The van der Waals surface area contributed by atoms with Crippen LogP contribution in [0.15, 0.2) is 0 Å². The summed E-state index contributed by atoms with van der Waals surface area (Å²) < 4.78 is 5.35. The van der Waals surface area contributed by atoms with Crippen molar-refractivity contribution in [2.24, 2.45) is 0 Å². The SMILES string of the molecule is CCC1NC(C)C(=O)N1C(C)CN1CCOCC1. The van der Waals surface area contributed by atoms with Crippen LogP contribution in [0.25, 0.3) is 0 Å². The van der Waals surface area contributed by atoms with Crippen molar-refractivity contribution in [3.05, 3.63) is 0 Å². The molecular formula is C13H25N3O2. The summed E-state index contributed by atoms with van der Waals surface area (Å²) in [5, 5.41) is 3.35. The van der Waals surface area contributed by atoms with Gasteiger partial charge in [0, 0.05) is 25.7 Å². The van der Waals surface area contributed by atoms with E-state index in [0.717, 1.165) is 39.3 Å². The Balaban J connectivity index is 1.93. The molecule has 2 fully saturated rings. The molecule has 0 spiro atoms. The lowest BCUT2D eigenvalue weighted by molar-refractivity contribution is -0.132. The van der Waals surface area contributed by atoms with Crippen LogP contribution in [0, 0.1) is 0 Å². The van der Waals surface area contributed by atoms with Crippen molar-refractivity contribution in [1.29, 1.82) is 0 Å². The Bertz CT molecular complexity index is 292. The molecule has 0 saturated carbocycles. The molecular weight excluding hydrogens is 230 g/mol. The summed E-state index contributed by atoms with van der Waals surface area (Å²) in [6.07, 6.45) is 1.16. The number of morpholine rings is 1. The van der Waals surface area contributed by atoms with E-state index >= 15 is 0 Å². The lowest BCUT2D eigenvalue weighted by atomic mass is 10.2. The van der Waals surface area contributed by atoms with Gasteiger partial charge in [-0.1, -0.05) is 6.92 Å². The van der Waals surface area contributed by atoms with Gasteiger partial charge in [-0.3, -0.25) is 15.0 Å². The molecule has 2 saturated heterocycles. The van der Waals surface area contributed by atoms with Gasteiger partial charge >= 0.3 is 0 Å². The highest BCUT2D eigenvalue weighted by Crippen LogP contribution is 2.17. The maximum Gasteiger partial charge on any atom is 0.241 e. The minimum absolute atomic E-state index is 0.0397. The number of hydrogen-bond acceptors (Lipinski definition) is 4. The summed E-state index contributed by atoms with van der Waals surface area (Å²) in [6.45, 7) is 10.7. The van der Waals surface area contributed by atoms with Crippen LogP contribution in [0.5, 0.6) is 0 Å². The van der Waals surface area contributed by atoms with Gasteiger partial charge in [0.1, 0.15) is 0 Å². The third kappa shape index (κ3) is 2.84. The Morgan fingerprint density at radius 3 is 2.72 bits per heavy atom. The van der Waals surface area contributed by atoms with Crippen LogP contribution in [0.4, 0.5) is 0 Å². The molecule has 0 aromatic rings. The smallest absolute Gasteiger partial charge is 0.241 e.